The van der Waals surface area contributed by atoms with Gasteiger partial charge in [0.25, 0.3) is 0 Å². The number of aryl methyl sites for hydroxylation is 1. The third kappa shape index (κ3) is 3.09. The number of nitrogens with zero attached hydrogens (tertiary/aromatic N) is 2. The molecule has 17 heavy (non-hydrogen) atoms. The molecule has 0 saturated heterocycles. The van der Waals surface area contributed by atoms with Gasteiger partial charge in [0.2, 0.25) is 0 Å². The Bertz CT molecular complexity index is 354. The Kier molecular flexibility index (Phi) is 3.87. The molecule has 0 spiro atoms. The topological polar surface area (TPSA) is 29.9 Å². The van der Waals surface area contributed by atoms with Crippen LogP contribution in [0.5, 0.6) is 0 Å². The lowest BCUT2D eigenvalue weighted by atomic mass is 9.73. The van der Waals surface area contributed by atoms with Gasteiger partial charge in [0.15, 0.2) is 0 Å². The molecule has 1 N–H and O–H groups in total. The molecule has 1 unspecified atom stereocenters. The Morgan fingerprint density at radius 3 is 2.94 bits per heavy atom. The van der Waals surface area contributed by atoms with Crippen molar-refractivity contribution in [3.05, 3.63) is 18.0 Å². The standard InChI is InChI=1S/C14H25N3/c1-14(2)9-5-4-6-13(14)15-10-7-12-8-11-16-17(12)3/h8,11,13,15H,4-7,9-10H2,1-3H3. The van der Waals surface area contributed by atoms with Gasteiger partial charge in [-0.3, -0.25) is 4.68 Å². The lowest BCUT2D eigenvalue weighted by molar-refractivity contribution is 0.168. The molecule has 3 nitrogen and oxygen atoms in total. The van der Waals surface area contributed by atoms with Crippen molar-refractivity contribution in [1.29, 1.82) is 0 Å². The van der Waals surface area contributed by atoms with Crippen molar-refractivity contribution in [1.82, 2.24) is 15.1 Å². The zero-order valence-corrected chi connectivity index (χ0v) is 11.4. The van der Waals surface area contributed by atoms with Crippen molar-refractivity contribution in [3.8, 4) is 0 Å². The van der Waals surface area contributed by atoms with E-state index in [0.29, 0.717) is 11.5 Å². The van der Waals surface area contributed by atoms with Crippen LogP contribution in [0.15, 0.2) is 12.3 Å². The van der Waals surface area contributed by atoms with Gasteiger partial charge < -0.3 is 5.32 Å². The van der Waals surface area contributed by atoms with Crippen LogP contribution >= 0.6 is 0 Å². The average molecular weight is 235 g/mol. The summed E-state index contributed by atoms with van der Waals surface area (Å²) < 4.78 is 1.97. The molecule has 3 heteroatoms. The fraction of sp³-hybridized carbons (Fsp3) is 0.786. The third-order valence-electron chi connectivity index (χ3n) is 4.20. The van der Waals surface area contributed by atoms with Crippen LogP contribution in [-0.2, 0) is 13.5 Å². The molecule has 2 rings (SSSR count). The first kappa shape index (κ1) is 12.6. The van der Waals surface area contributed by atoms with Crippen LogP contribution in [0.2, 0.25) is 0 Å². The van der Waals surface area contributed by atoms with E-state index in [1.165, 1.54) is 31.4 Å². The van der Waals surface area contributed by atoms with Crippen LogP contribution in [-0.4, -0.2) is 22.4 Å². The van der Waals surface area contributed by atoms with Crippen LogP contribution in [0.1, 0.15) is 45.2 Å². The number of rotatable bonds is 4. The molecule has 1 heterocycles. The Morgan fingerprint density at radius 2 is 2.29 bits per heavy atom. The Hall–Kier alpha value is -0.830. The third-order valence-corrected chi connectivity index (χ3v) is 4.20. The van der Waals surface area contributed by atoms with Crippen LogP contribution in [0.4, 0.5) is 0 Å². The molecule has 0 bridgehead atoms. The maximum atomic E-state index is 4.20. The highest BCUT2D eigenvalue weighted by atomic mass is 15.3. The van der Waals surface area contributed by atoms with E-state index in [1.54, 1.807) is 0 Å². The van der Waals surface area contributed by atoms with Crippen LogP contribution in [0.3, 0.4) is 0 Å². The maximum absolute atomic E-state index is 4.20. The zero-order valence-electron chi connectivity index (χ0n) is 11.4. The Labute approximate surface area is 105 Å². The number of aromatic nitrogens is 2. The molecule has 1 atom stereocenters. The van der Waals surface area contributed by atoms with E-state index in [9.17, 15) is 0 Å². The first-order valence-corrected chi connectivity index (χ1v) is 6.80. The average Bonchev–Trinajstić information content (AvgIpc) is 2.67. The van der Waals surface area contributed by atoms with Crippen LogP contribution < -0.4 is 5.32 Å². The van der Waals surface area contributed by atoms with Crippen molar-refractivity contribution < 1.29 is 0 Å². The molecule has 0 radical (unpaired) electrons. The van der Waals surface area contributed by atoms with Gasteiger partial charge in [0.05, 0.1) is 0 Å². The first-order chi connectivity index (χ1) is 8.09. The molecule has 1 aromatic rings. The normalized spacial score (nSPS) is 23.8. The summed E-state index contributed by atoms with van der Waals surface area (Å²) in [4.78, 5) is 0. The van der Waals surface area contributed by atoms with E-state index in [1.807, 2.05) is 17.9 Å². The second-order valence-corrected chi connectivity index (χ2v) is 5.94. The number of hydrogen-bond acceptors (Lipinski definition) is 2. The molecule has 96 valence electrons. The minimum atomic E-state index is 0.463. The SMILES string of the molecule is Cn1nccc1CCNC1CCCCC1(C)C. The zero-order chi connectivity index (χ0) is 12.3. The molecule has 0 amide bonds. The summed E-state index contributed by atoms with van der Waals surface area (Å²) in [5.74, 6) is 0. The van der Waals surface area contributed by atoms with Gasteiger partial charge >= 0.3 is 0 Å². The Morgan fingerprint density at radius 1 is 1.47 bits per heavy atom. The van der Waals surface area contributed by atoms with E-state index in [2.05, 4.69) is 30.3 Å². The summed E-state index contributed by atoms with van der Waals surface area (Å²) in [5, 5.41) is 7.94. The summed E-state index contributed by atoms with van der Waals surface area (Å²) in [6, 6.07) is 2.79. The number of hydrogen-bond donors (Lipinski definition) is 1. The maximum Gasteiger partial charge on any atom is 0.0492 e. The highest BCUT2D eigenvalue weighted by Gasteiger charge is 2.31. The summed E-state index contributed by atoms with van der Waals surface area (Å²) in [7, 11) is 2.01. The highest BCUT2D eigenvalue weighted by molar-refractivity contribution is 5.00. The molecule has 1 aliphatic carbocycles. The lowest BCUT2D eigenvalue weighted by Gasteiger charge is -2.39. The minimum absolute atomic E-state index is 0.463. The van der Waals surface area contributed by atoms with Crippen LogP contribution in [0.25, 0.3) is 0 Å². The van der Waals surface area contributed by atoms with E-state index in [-0.39, 0.29) is 0 Å². The molecular weight excluding hydrogens is 210 g/mol. The van der Waals surface area contributed by atoms with Crippen molar-refractivity contribution in [2.45, 2.75) is 52.0 Å². The number of nitrogens with one attached hydrogen (secondary N) is 1. The fourth-order valence-corrected chi connectivity index (χ4v) is 2.89. The smallest absolute Gasteiger partial charge is 0.0492 e. The fourth-order valence-electron chi connectivity index (χ4n) is 2.89. The Balaban J connectivity index is 1.80. The summed E-state index contributed by atoms with van der Waals surface area (Å²) in [6.07, 6.45) is 8.41. The summed E-state index contributed by atoms with van der Waals surface area (Å²) in [6.45, 7) is 5.86. The minimum Gasteiger partial charge on any atom is -0.313 e. The largest absolute Gasteiger partial charge is 0.313 e. The molecule has 1 fully saturated rings. The van der Waals surface area contributed by atoms with E-state index in [0.717, 1.165) is 13.0 Å². The first-order valence-electron chi connectivity index (χ1n) is 6.80. The molecule has 0 aromatic carbocycles. The predicted octanol–water partition coefficient (Wildman–Crippen LogP) is 2.52. The quantitative estimate of drug-likeness (QED) is 0.869. The van der Waals surface area contributed by atoms with E-state index in [4.69, 9.17) is 0 Å². The van der Waals surface area contributed by atoms with Crippen molar-refractivity contribution in [2.24, 2.45) is 12.5 Å². The van der Waals surface area contributed by atoms with E-state index >= 15 is 0 Å². The van der Waals surface area contributed by atoms with Gasteiger partial charge in [0, 0.05) is 37.9 Å². The molecule has 1 saturated carbocycles. The van der Waals surface area contributed by atoms with Gasteiger partial charge in [0.1, 0.15) is 0 Å². The van der Waals surface area contributed by atoms with Crippen molar-refractivity contribution in [3.63, 3.8) is 0 Å². The molecular formula is C14H25N3. The second-order valence-electron chi connectivity index (χ2n) is 5.94. The summed E-state index contributed by atoms with van der Waals surface area (Å²) >= 11 is 0. The molecule has 1 aromatic heterocycles. The lowest BCUT2D eigenvalue weighted by Crippen LogP contribution is -2.44. The van der Waals surface area contributed by atoms with Gasteiger partial charge in [-0.15, -0.1) is 0 Å². The monoisotopic (exact) mass is 235 g/mol. The van der Waals surface area contributed by atoms with Gasteiger partial charge in [-0.05, 0) is 24.3 Å². The van der Waals surface area contributed by atoms with Gasteiger partial charge in [-0.2, -0.15) is 5.10 Å². The second kappa shape index (κ2) is 5.21. The predicted molar refractivity (Wildman–Crippen MR) is 71.0 cm³/mol. The summed E-state index contributed by atoms with van der Waals surface area (Å²) in [5.41, 5.74) is 1.77. The van der Waals surface area contributed by atoms with Crippen molar-refractivity contribution >= 4 is 0 Å². The van der Waals surface area contributed by atoms with E-state index < -0.39 is 0 Å². The molecule has 1 aliphatic rings. The van der Waals surface area contributed by atoms with Gasteiger partial charge in [-0.25, -0.2) is 0 Å². The van der Waals surface area contributed by atoms with Gasteiger partial charge in [-0.1, -0.05) is 26.7 Å². The molecule has 0 aliphatic heterocycles. The van der Waals surface area contributed by atoms with Crippen LogP contribution in [0, 0.1) is 5.41 Å². The highest BCUT2D eigenvalue weighted by Crippen LogP contribution is 2.35. The van der Waals surface area contributed by atoms with Crippen molar-refractivity contribution in [2.75, 3.05) is 6.54 Å².